The van der Waals surface area contributed by atoms with Gasteiger partial charge in [-0.3, -0.25) is 10.1 Å². The molecule has 24 heavy (non-hydrogen) atoms. The van der Waals surface area contributed by atoms with Gasteiger partial charge in [0.1, 0.15) is 0 Å². The van der Waals surface area contributed by atoms with E-state index in [-0.39, 0.29) is 11.8 Å². The number of nitrogens with one attached hydrogen (secondary N) is 2. The third kappa shape index (κ3) is 5.84. The fourth-order valence-electron chi connectivity index (χ4n) is 1.90. The molecule has 0 atom stereocenters. The molecule has 5 nitrogen and oxygen atoms in total. The Bertz CT molecular complexity index is 732. The molecule has 0 aliphatic heterocycles. The highest BCUT2D eigenvalue weighted by atomic mass is 127. The zero-order chi connectivity index (χ0) is 17.5. The van der Waals surface area contributed by atoms with Crippen LogP contribution in [-0.2, 0) is 4.74 Å². The molecule has 6 heteroatoms. The largest absolute Gasteiger partial charge is 0.449 e. The molecule has 0 bridgehead atoms. The van der Waals surface area contributed by atoms with Crippen LogP contribution in [0.25, 0.3) is 0 Å². The third-order valence-electron chi connectivity index (χ3n) is 3.00. The number of hydrogen-bond donors (Lipinski definition) is 2. The maximum atomic E-state index is 12.3. The normalized spacial score (nSPS) is 10.3. The summed E-state index contributed by atoms with van der Waals surface area (Å²) in [5, 5.41) is 5.46. The van der Waals surface area contributed by atoms with Gasteiger partial charge in [-0.2, -0.15) is 0 Å². The second kappa shape index (κ2) is 8.68. The minimum absolute atomic E-state index is 0.201. The first-order valence-electron chi connectivity index (χ1n) is 7.55. The molecular weight excluding hydrogens is 419 g/mol. The molecule has 0 saturated heterocycles. The summed E-state index contributed by atoms with van der Waals surface area (Å²) in [4.78, 5) is 23.9. The van der Waals surface area contributed by atoms with Gasteiger partial charge >= 0.3 is 6.09 Å². The van der Waals surface area contributed by atoms with Crippen molar-refractivity contribution in [3.05, 3.63) is 57.7 Å². The van der Waals surface area contributed by atoms with E-state index in [4.69, 9.17) is 4.74 Å². The number of halogens is 1. The lowest BCUT2D eigenvalue weighted by Crippen LogP contribution is -2.17. The standard InChI is InChI=1S/C18H19IN2O3/c1-12(2)11-24-18(23)21-16-8-4-7-15(10-16)20-17(22)13-5-3-6-14(19)9-13/h3-10,12H,11H2,1-2H3,(H,20,22)(H,21,23). The monoisotopic (exact) mass is 438 g/mol. The van der Waals surface area contributed by atoms with Crippen LogP contribution in [-0.4, -0.2) is 18.6 Å². The van der Waals surface area contributed by atoms with Gasteiger partial charge in [0.25, 0.3) is 5.91 Å². The molecular formula is C18H19IN2O3. The average molecular weight is 438 g/mol. The summed E-state index contributed by atoms with van der Waals surface area (Å²) < 4.78 is 6.06. The zero-order valence-corrected chi connectivity index (χ0v) is 15.7. The number of benzene rings is 2. The first-order valence-corrected chi connectivity index (χ1v) is 8.62. The quantitative estimate of drug-likeness (QED) is 0.663. The van der Waals surface area contributed by atoms with Crippen LogP contribution in [0.15, 0.2) is 48.5 Å². The Labute approximate surface area is 154 Å². The molecule has 0 radical (unpaired) electrons. The lowest BCUT2D eigenvalue weighted by atomic mass is 10.2. The highest BCUT2D eigenvalue weighted by Crippen LogP contribution is 2.17. The topological polar surface area (TPSA) is 67.4 Å². The van der Waals surface area contributed by atoms with Gasteiger partial charge in [0.05, 0.1) is 6.61 Å². The number of carbonyl (C=O) groups excluding carboxylic acids is 2. The lowest BCUT2D eigenvalue weighted by molar-refractivity contribution is 0.102. The van der Waals surface area contributed by atoms with E-state index in [1.54, 1.807) is 36.4 Å². The summed E-state index contributed by atoms with van der Waals surface area (Å²) in [5.41, 5.74) is 1.74. The molecule has 2 amide bonds. The fourth-order valence-corrected chi connectivity index (χ4v) is 2.45. The van der Waals surface area contributed by atoms with Crippen LogP contribution in [0.5, 0.6) is 0 Å². The predicted molar refractivity (Wildman–Crippen MR) is 103 cm³/mol. The smallest absolute Gasteiger partial charge is 0.411 e. The predicted octanol–water partition coefficient (Wildman–Crippen LogP) is 4.75. The molecule has 0 aliphatic carbocycles. The van der Waals surface area contributed by atoms with Gasteiger partial charge in [-0.15, -0.1) is 0 Å². The van der Waals surface area contributed by atoms with Crippen LogP contribution in [0, 0.1) is 9.49 Å². The van der Waals surface area contributed by atoms with Crippen LogP contribution in [0.1, 0.15) is 24.2 Å². The van der Waals surface area contributed by atoms with Gasteiger partial charge < -0.3 is 10.1 Å². The third-order valence-corrected chi connectivity index (χ3v) is 3.67. The summed E-state index contributed by atoms with van der Waals surface area (Å²) in [6, 6.07) is 14.2. The molecule has 0 saturated carbocycles. The number of ether oxygens (including phenoxy) is 1. The van der Waals surface area contributed by atoms with Gasteiger partial charge in [0.15, 0.2) is 0 Å². The van der Waals surface area contributed by atoms with Gasteiger partial charge in [-0.1, -0.05) is 26.0 Å². The van der Waals surface area contributed by atoms with Crippen LogP contribution in [0.3, 0.4) is 0 Å². The minimum atomic E-state index is -0.509. The van der Waals surface area contributed by atoms with Gasteiger partial charge in [0, 0.05) is 20.5 Å². The first kappa shape index (κ1) is 18.3. The van der Waals surface area contributed by atoms with Crippen LogP contribution in [0.4, 0.5) is 16.2 Å². The van der Waals surface area contributed by atoms with Crippen molar-refractivity contribution in [2.75, 3.05) is 17.2 Å². The molecule has 2 aromatic rings. The Kier molecular flexibility index (Phi) is 6.60. The number of hydrogen-bond acceptors (Lipinski definition) is 3. The Morgan fingerprint density at radius 3 is 2.38 bits per heavy atom. The van der Waals surface area contributed by atoms with Crippen LogP contribution >= 0.6 is 22.6 Å². The molecule has 0 spiro atoms. The Morgan fingerprint density at radius 1 is 1.04 bits per heavy atom. The Morgan fingerprint density at radius 2 is 1.71 bits per heavy atom. The lowest BCUT2D eigenvalue weighted by Gasteiger charge is -2.10. The van der Waals surface area contributed by atoms with E-state index >= 15 is 0 Å². The highest BCUT2D eigenvalue weighted by Gasteiger charge is 2.08. The maximum Gasteiger partial charge on any atom is 0.411 e. The molecule has 0 aliphatic rings. The second-order valence-corrected chi connectivity index (χ2v) is 6.91. The molecule has 0 aromatic heterocycles. The van der Waals surface area contributed by atoms with E-state index in [9.17, 15) is 9.59 Å². The molecule has 2 rings (SSSR count). The maximum absolute atomic E-state index is 12.3. The van der Waals surface area contributed by atoms with E-state index in [0.717, 1.165) is 3.57 Å². The second-order valence-electron chi connectivity index (χ2n) is 5.66. The molecule has 0 unspecified atom stereocenters. The Hall–Kier alpha value is -2.09. The fraction of sp³-hybridized carbons (Fsp3) is 0.222. The van der Waals surface area contributed by atoms with Crippen molar-refractivity contribution in [1.29, 1.82) is 0 Å². The number of rotatable bonds is 5. The zero-order valence-electron chi connectivity index (χ0n) is 13.5. The molecule has 0 fully saturated rings. The van der Waals surface area contributed by atoms with E-state index < -0.39 is 6.09 Å². The first-order chi connectivity index (χ1) is 11.4. The number of amides is 2. The average Bonchev–Trinajstić information content (AvgIpc) is 2.53. The van der Waals surface area contributed by atoms with E-state index in [1.807, 2.05) is 26.0 Å². The molecule has 0 heterocycles. The summed E-state index contributed by atoms with van der Waals surface area (Å²) >= 11 is 2.16. The number of anilines is 2. The van der Waals surface area contributed by atoms with Crippen molar-refractivity contribution < 1.29 is 14.3 Å². The van der Waals surface area contributed by atoms with Crippen molar-refractivity contribution in [1.82, 2.24) is 0 Å². The summed E-state index contributed by atoms with van der Waals surface area (Å²) in [6.07, 6.45) is -0.509. The van der Waals surface area contributed by atoms with Gasteiger partial charge in [0.2, 0.25) is 0 Å². The van der Waals surface area contributed by atoms with Gasteiger partial charge in [-0.05, 0) is 64.9 Å². The van der Waals surface area contributed by atoms with Crippen molar-refractivity contribution in [3.8, 4) is 0 Å². The van der Waals surface area contributed by atoms with E-state index in [0.29, 0.717) is 23.5 Å². The van der Waals surface area contributed by atoms with Crippen LogP contribution < -0.4 is 10.6 Å². The number of carbonyl (C=O) groups is 2. The molecule has 2 N–H and O–H groups in total. The summed E-state index contributed by atoms with van der Waals surface area (Å²) in [7, 11) is 0. The minimum Gasteiger partial charge on any atom is -0.449 e. The molecule has 126 valence electrons. The summed E-state index contributed by atoms with van der Waals surface area (Å²) in [5.74, 6) is 0.0723. The van der Waals surface area contributed by atoms with E-state index in [1.165, 1.54) is 0 Å². The molecule has 2 aromatic carbocycles. The van der Waals surface area contributed by atoms with Crippen LogP contribution in [0.2, 0.25) is 0 Å². The van der Waals surface area contributed by atoms with Crippen molar-refractivity contribution in [3.63, 3.8) is 0 Å². The highest BCUT2D eigenvalue weighted by molar-refractivity contribution is 14.1. The van der Waals surface area contributed by atoms with Crippen molar-refractivity contribution >= 4 is 46.0 Å². The SMILES string of the molecule is CC(C)COC(=O)Nc1cccc(NC(=O)c2cccc(I)c2)c1. The summed E-state index contributed by atoms with van der Waals surface area (Å²) in [6.45, 7) is 4.29. The van der Waals surface area contributed by atoms with Gasteiger partial charge in [-0.25, -0.2) is 4.79 Å². The van der Waals surface area contributed by atoms with Crippen molar-refractivity contribution in [2.45, 2.75) is 13.8 Å². The Balaban J connectivity index is 1.99. The van der Waals surface area contributed by atoms with Crippen molar-refractivity contribution in [2.24, 2.45) is 5.92 Å². The van der Waals surface area contributed by atoms with E-state index in [2.05, 4.69) is 33.2 Å².